The Balaban J connectivity index is 4.43. The van der Waals surface area contributed by atoms with Crippen molar-refractivity contribution in [1.82, 2.24) is 0 Å². The zero-order chi connectivity index (χ0) is 58.5. The first-order chi connectivity index (χ1) is 40.0. The lowest BCUT2D eigenvalue weighted by Crippen LogP contribution is -2.30. The summed E-state index contributed by atoms with van der Waals surface area (Å²) in [6, 6.07) is 0. The van der Waals surface area contributed by atoms with E-state index < -0.39 is 12.1 Å². The minimum absolute atomic E-state index is 0.0821. The van der Waals surface area contributed by atoms with Gasteiger partial charge in [-0.05, 0) is 141 Å². The molecule has 0 radical (unpaired) electrons. The Morgan fingerprint density at radius 3 is 0.827 bits per heavy atom. The first-order valence-corrected chi connectivity index (χ1v) is 32.3. The minimum atomic E-state index is -0.854. The Labute approximate surface area is 497 Å². The van der Waals surface area contributed by atoms with E-state index in [0.29, 0.717) is 19.3 Å². The molecule has 0 amide bonds. The van der Waals surface area contributed by atoms with Gasteiger partial charge in [0, 0.05) is 12.8 Å². The van der Waals surface area contributed by atoms with Gasteiger partial charge in [0.2, 0.25) is 0 Å². The van der Waals surface area contributed by atoms with Crippen LogP contribution in [0.2, 0.25) is 0 Å². The van der Waals surface area contributed by atoms with E-state index in [4.69, 9.17) is 14.2 Å². The number of allylic oxidation sites excluding steroid dienone is 29. The van der Waals surface area contributed by atoms with Crippen molar-refractivity contribution in [2.75, 3.05) is 13.2 Å². The van der Waals surface area contributed by atoms with E-state index in [2.05, 4.69) is 191 Å². The van der Waals surface area contributed by atoms with Crippen molar-refractivity contribution in [2.45, 2.75) is 258 Å². The van der Waals surface area contributed by atoms with Crippen LogP contribution in [0.25, 0.3) is 0 Å². The number of hydrogen-bond acceptors (Lipinski definition) is 6. The standard InChI is InChI=1S/C75H116O6/c1-4-7-10-13-16-19-22-25-28-29-30-31-32-33-34-35-36-37-38-39-40-41-42-43-44-45-48-50-53-56-59-62-65-68-74(77)80-71-72(81-75(78)69-66-63-60-57-54-51-47-27-24-21-18-15-12-9-6-3)70-79-73(76)67-64-61-58-55-52-49-46-26-23-20-17-14-11-8-5-2/h7,9-10,12,16,18-19,21,25-28,30-31,33-34,36-37,39-40,42-43,45-48,54,57,63,66,72H,4-6,8,11,13-15,17,20,22-24,29,32,35,38,41,44,49-53,55-56,58-62,64-65,67-71H2,1-3H3/b10-7-,12-9-,19-16-,21-18-,28-25-,31-30-,34-33-,37-36-,40-39-,43-42-,46-26-,47-27-,48-45-,57-54-,66-63-. The molecule has 0 aromatic rings. The van der Waals surface area contributed by atoms with Crippen molar-refractivity contribution in [3.05, 3.63) is 182 Å². The number of carbonyl (C=O) groups is 3. The average molecular weight is 1110 g/mol. The van der Waals surface area contributed by atoms with Gasteiger partial charge in [-0.1, -0.05) is 274 Å². The minimum Gasteiger partial charge on any atom is -0.462 e. The van der Waals surface area contributed by atoms with E-state index in [0.717, 1.165) is 154 Å². The molecule has 0 aliphatic rings. The molecule has 0 saturated carbocycles. The molecule has 0 spiro atoms. The fraction of sp³-hybridized carbons (Fsp3) is 0.560. The molecule has 0 aliphatic carbocycles. The number of carbonyl (C=O) groups excluding carboxylic acids is 3. The lowest BCUT2D eigenvalue weighted by Gasteiger charge is -2.18. The van der Waals surface area contributed by atoms with Crippen LogP contribution in [0.5, 0.6) is 0 Å². The van der Waals surface area contributed by atoms with Crippen molar-refractivity contribution in [3.63, 3.8) is 0 Å². The topological polar surface area (TPSA) is 78.9 Å². The molecule has 0 bridgehead atoms. The van der Waals surface area contributed by atoms with Gasteiger partial charge in [0.15, 0.2) is 6.10 Å². The molecule has 452 valence electrons. The third-order valence-corrected chi connectivity index (χ3v) is 12.9. The predicted molar refractivity (Wildman–Crippen MR) is 352 cm³/mol. The Bertz CT molecular complexity index is 1900. The van der Waals surface area contributed by atoms with Gasteiger partial charge in [-0.3, -0.25) is 14.4 Å². The van der Waals surface area contributed by atoms with E-state index >= 15 is 0 Å². The van der Waals surface area contributed by atoms with Gasteiger partial charge in [0.25, 0.3) is 0 Å². The normalized spacial score (nSPS) is 13.4. The summed E-state index contributed by atoms with van der Waals surface area (Å²) in [5.41, 5.74) is 0. The molecule has 0 heterocycles. The first-order valence-electron chi connectivity index (χ1n) is 32.3. The summed E-state index contributed by atoms with van der Waals surface area (Å²) in [5, 5.41) is 0. The first kappa shape index (κ1) is 75.5. The van der Waals surface area contributed by atoms with Crippen molar-refractivity contribution >= 4 is 17.9 Å². The fourth-order valence-corrected chi connectivity index (χ4v) is 8.15. The fourth-order valence-electron chi connectivity index (χ4n) is 8.15. The second kappa shape index (κ2) is 67.0. The second-order valence-electron chi connectivity index (χ2n) is 20.6. The number of unbranched alkanes of at least 4 members (excludes halogenated alkanes) is 16. The summed E-state index contributed by atoms with van der Waals surface area (Å²) in [6.45, 7) is 6.29. The maximum absolute atomic E-state index is 12.8. The summed E-state index contributed by atoms with van der Waals surface area (Å²) in [4.78, 5) is 38.2. The third-order valence-electron chi connectivity index (χ3n) is 12.9. The van der Waals surface area contributed by atoms with E-state index in [1.165, 1.54) is 51.4 Å². The van der Waals surface area contributed by atoms with Crippen LogP contribution in [-0.4, -0.2) is 37.2 Å². The van der Waals surface area contributed by atoms with Gasteiger partial charge in [-0.25, -0.2) is 0 Å². The van der Waals surface area contributed by atoms with E-state index in [1.54, 1.807) is 6.08 Å². The van der Waals surface area contributed by atoms with Gasteiger partial charge in [0.1, 0.15) is 13.2 Å². The molecule has 0 aliphatic heterocycles. The van der Waals surface area contributed by atoms with Crippen LogP contribution in [0.15, 0.2) is 182 Å². The van der Waals surface area contributed by atoms with E-state index in [-0.39, 0.29) is 31.6 Å². The monoisotopic (exact) mass is 1110 g/mol. The van der Waals surface area contributed by atoms with Crippen molar-refractivity contribution < 1.29 is 28.6 Å². The Morgan fingerprint density at radius 1 is 0.272 bits per heavy atom. The molecule has 1 unspecified atom stereocenters. The molecule has 0 aromatic heterocycles. The van der Waals surface area contributed by atoms with Crippen LogP contribution < -0.4 is 0 Å². The molecule has 6 heteroatoms. The summed E-state index contributed by atoms with van der Waals surface area (Å²) in [7, 11) is 0. The lowest BCUT2D eigenvalue weighted by atomic mass is 10.1. The lowest BCUT2D eigenvalue weighted by molar-refractivity contribution is -0.166. The van der Waals surface area contributed by atoms with Crippen LogP contribution in [-0.2, 0) is 28.6 Å². The maximum Gasteiger partial charge on any atom is 0.310 e. The molecule has 0 rings (SSSR count). The van der Waals surface area contributed by atoms with Crippen molar-refractivity contribution in [3.8, 4) is 0 Å². The summed E-state index contributed by atoms with van der Waals surface area (Å²) < 4.78 is 16.8. The van der Waals surface area contributed by atoms with Gasteiger partial charge in [-0.15, -0.1) is 0 Å². The quantitative estimate of drug-likeness (QED) is 0.0261. The van der Waals surface area contributed by atoms with E-state index in [9.17, 15) is 14.4 Å². The van der Waals surface area contributed by atoms with Crippen LogP contribution in [0.4, 0.5) is 0 Å². The summed E-state index contributed by atoms with van der Waals surface area (Å²) >= 11 is 0. The van der Waals surface area contributed by atoms with Gasteiger partial charge in [0.05, 0.1) is 6.42 Å². The average Bonchev–Trinajstić information content (AvgIpc) is 3.47. The maximum atomic E-state index is 12.8. The predicted octanol–water partition coefficient (Wildman–Crippen LogP) is 22.4. The highest BCUT2D eigenvalue weighted by Crippen LogP contribution is 2.13. The molecule has 0 fully saturated rings. The van der Waals surface area contributed by atoms with Gasteiger partial charge in [-0.2, -0.15) is 0 Å². The molecule has 0 N–H and O–H groups in total. The van der Waals surface area contributed by atoms with E-state index in [1.807, 2.05) is 6.08 Å². The van der Waals surface area contributed by atoms with Gasteiger partial charge >= 0.3 is 17.9 Å². The molecular weight excluding hydrogens is 997 g/mol. The second-order valence-corrected chi connectivity index (χ2v) is 20.6. The van der Waals surface area contributed by atoms with Crippen LogP contribution in [0, 0.1) is 0 Å². The zero-order valence-electron chi connectivity index (χ0n) is 51.7. The number of rotatable bonds is 56. The smallest absolute Gasteiger partial charge is 0.310 e. The largest absolute Gasteiger partial charge is 0.462 e. The third kappa shape index (κ3) is 65.2. The molecular formula is C75H116O6. The molecule has 0 aromatic carbocycles. The summed E-state index contributed by atoms with van der Waals surface area (Å²) in [5.74, 6) is -1.10. The van der Waals surface area contributed by atoms with Crippen molar-refractivity contribution in [2.24, 2.45) is 0 Å². The highest BCUT2D eigenvalue weighted by Gasteiger charge is 2.19. The Kier molecular flexibility index (Phi) is 62.5. The molecule has 1 atom stereocenters. The molecule has 0 saturated heterocycles. The Morgan fingerprint density at radius 2 is 0.519 bits per heavy atom. The highest BCUT2D eigenvalue weighted by molar-refractivity contribution is 5.72. The molecule has 6 nitrogen and oxygen atoms in total. The SMILES string of the molecule is CC/C=C\C/C=C\C/C=C\C/C=C\C/C=C\C/C=C\C/C=C\C/C=C\C/C=C\CCCCCCCC(=O)OCC(COC(=O)CCCCCCC/C=C\CCCCCCCC)OC(=O)C/C=C\C/C=C\C/C=C\C/C=C\C/C=C\CC. The van der Waals surface area contributed by atoms with Crippen LogP contribution >= 0.6 is 0 Å². The zero-order valence-corrected chi connectivity index (χ0v) is 51.7. The van der Waals surface area contributed by atoms with Crippen LogP contribution in [0.3, 0.4) is 0 Å². The molecule has 81 heavy (non-hydrogen) atoms. The highest BCUT2D eigenvalue weighted by atomic mass is 16.6. The number of esters is 3. The summed E-state index contributed by atoms with van der Waals surface area (Å²) in [6.07, 6.45) is 101. The van der Waals surface area contributed by atoms with Gasteiger partial charge < -0.3 is 14.2 Å². The number of hydrogen-bond donors (Lipinski definition) is 0. The Hall–Kier alpha value is -5.49. The number of ether oxygens (including phenoxy) is 3. The van der Waals surface area contributed by atoms with Crippen LogP contribution in [0.1, 0.15) is 252 Å². The van der Waals surface area contributed by atoms with Crippen molar-refractivity contribution in [1.29, 1.82) is 0 Å².